The van der Waals surface area contributed by atoms with Crippen LogP contribution in [0.4, 0.5) is 18.9 Å². The van der Waals surface area contributed by atoms with Crippen molar-refractivity contribution in [2.75, 3.05) is 5.73 Å². The zero-order valence-electron chi connectivity index (χ0n) is 10.2. The van der Waals surface area contributed by atoms with Gasteiger partial charge >= 0.3 is 6.18 Å². The van der Waals surface area contributed by atoms with Gasteiger partial charge in [0.05, 0.1) is 12.4 Å². The third-order valence-electron chi connectivity index (χ3n) is 2.60. The van der Waals surface area contributed by atoms with Crippen molar-refractivity contribution in [3.8, 4) is 11.6 Å². The van der Waals surface area contributed by atoms with Crippen molar-refractivity contribution < 1.29 is 17.9 Å². The standard InChI is InChI=1S/C11H7F3N6O/c12-11(13,14)7-3-6(15)1-2-8(7)21-10-5-16-4-9-17-18-19-20(9)10/h1-5H,15H2. The number of tetrazole rings is 1. The Bertz CT molecular complexity index is 800. The molecule has 0 atom stereocenters. The summed E-state index contributed by atoms with van der Waals surface area (Å²) in [5, 5.41) is 10.6. The maximum Gasteiger partial charge on any atom is 0.420 e. The van der Waals surface area contributed by atoms with Gasteiger partial charge in [-0.25, -0.2) is 0 Å². The van der Waals surface area contributed by atoms with Crippen LogP contribution in [0, 0.1) is 0 Å². The van der Waals surface area contributed by atoms with Crippen molar-refractivity contribution >= 4 is 11.3 Å². The summed E-state index contributed by atoms with van der Waals surface area (Å²) in [4.78, 5) is 3.80. The lowest BCUT2D eigenvalue weighted by atomic mass is 10.1. The minimum absolute atomic E-state index is 0.0200. The number of hydrogen-bond acceptors (Lipinski definition) is 6. The number of nitrogens with two attached hydrogens (primary N) is 1. The first-order valence-corrected chi connectivity index (χ1v) is 5.62. The normalized spacial score (nSPS) is 11.8. The summed E-state index contributed by atoms with van der Waals surface area (Å²) in [6.07, 6.45) is -2.05. The summed E-state index contributed by atoms with van der Waals surface area (Å²) in [6.45, 7) is 0. The van der Waals surface area contributed by atoms with Crippen molar-refractivity contribution in [3.05, 3.63) is 36.2 Å². The van der Waals surface area contributed by atoms with Crippen LogP contribution >= 0.6 is 0 Å². The second-order valence-corrected chi connectivity index (χ2v) is 4.05. The third-order valence-corrected chi connectivity index (χ3v) is 2.60. The van der Waals surface area contributed by atoms with E-state index in [0.29, 0.717) is 0 Å². The molecule has 0 fully saturated rings. The number of halogens is 3. The van der Waals surface area contributed by atoms with Gasteiger partial charge in [-0.15, -0.1) is 5.10 Å². The molecule has 0 amide bonds. The van der Waals surface area contributed by atoms with Crippen LogP contribution in [0.25, 0.3) is 5.65 Å². The van der Waals surface area contributed by atoms with Gasteiger partial charge in [0.1, 0.15) is 11.3 Å². The second-order valence-electron chi connectivity index (χ2n) is 4.05. The van der Waals surface area contributed by atoms with E-state index in [1.54, 1.807) is 0 Å². The highest BCUT2D eigenvalue weighted by molar-refractivity contribution is 5.50. The van der Waals surface area contributed by atoms with Crippen LogP contribution in [0.2, 0.25) is 0 Å². The monoisotopic (exact) mass is 296 g/mol. The molecule has 10 heteroatoms. The first-order chi connectivity index (χ1) is 9.95. The zero-order chi connectivity index (χ0) is 15.0. The molecule has 3 rings (SSSR count). The summed E-state index contributed by atoms with van der Waals surface area (Å²) in [5.74, 6) is -0.464. The number of benzene rings is 1. The molecule has 0 aliphatic rings. The second kappa shape index (κ2) is 4.58. The lowest BCUT2D eigenvalue weighted by molar-refractivity contribution is -0.138. The van der Waals surface area contributed by atoms with Crippen molar-refractivity contribution in [2.45, 2.75) is 6.18 Å². The number of rotatable bonds is 2. The zero-order valence-corrected chi connectivity index (χ0v) is 10.2. The molecule has 0 saturated carbocycles. The molecular formula is C11H7F3N6O. The highest BCUT2D eigenvalue weighted by atomic mass is 19.4. The van der Waals surface area contributed by atoms with Crippen LogP contribution in [0.15, 0.2) is 30.6 Å². The van der Waals surface area contributed by atoms with Crippen LogP contribution in [0.1, 0.15) is 5.56 Å². The van der Waals surface area contributed by atoms with Crippen molar-refractivity contribution in [1.29, 1.82) is 0 Å². The van der Waals surface area contributed by atoms with Gasteiger partial charge in [-0.05, 0) is 28.6 Å². The molecule has 0 radical (unpaired) electrons. The molecule has 0 unspecified atom stereocenters. The minimum Gasteiger partial charge on any atom is -0.437 e. The van der Waals surface area contributed by atoms with Crippen molar-refractivity contribution in [3.63, 3.8) is 0 Å². The maximum atomic E-state index is 13.0. The Balaban J connectivity index is 2.08. The minimum atomic E-state index is -4.60. The van der Waals surface area contributed by atoms with E-state index < -0.39 is 17.5 Å². The molecule has 0 saturated heterocycles. The number of alkyl halides is 3. The maximum absolute atomic E-state index is 13.0. The van der Waals surface area contributed by atoms with Gasteiger partial charge in [0.2, 0.25) is 11.5 Å². The Kier molecular flexibility index (Phi) is 2.85. The fraction of sp³-hybridized carbons (Fsp3) is 0.0909. The number of nitrogens with zero attached hydrogens (tertiary/aromatic N) is 5. The Morgan fingerprint density at radius 3 is 2.76 bits per heavy atom. The molecular weight excluding hydrogens is 289 g/mol. The topological polar surface area (TPSA) is 91.2 Å². The Labute approximate surface area is 115 Å². The van der Waals surface area contributed by atoms with Gasteiger partial charge in [-0.1, -0.05) is 0 Å². The number of hydrogen-bond donors (Lipinski definition) is 1. The average Bonchev–Trinajstić information content (AvgIpc) is 2.89. The number of ether oxygens (including phenoxy) is 1. The first-order valence-electron chi connectivity index (χ1n) is 5.62. The highest BCUT2D eigenvalue weighted by Gasteiger charge is 2.35. The third kappa shape index (κ3) is 2.42. The van der Waals surface area contributed by atoms with E-state index in [2.05, 4.69) is 20.5 Å². The molecule has 0 aliphatic heterocycles. The summed E-state index contributed by atoms with van der Waals surface area (Å²) in [7, 11) is 0. The molecule has 1 aromatic carbocycles. The number of anilines is 1. The van der Waals surface area contributed by atoms with Gasteiger partial charge < -0.3 is 10.5 Å². The van der Waals surface area contributed by atoms with Crippen molar-refractivity contribution in [1.82, 2.24) is 25.0 Å². The Morgan fingerprint density at radius 1 is 1.19 bits per heavy atom. The van der Waals surface area contributed by atoms with Crippen LogP contribution in [0.3, 0.4) is 0 Å². The summed E-state index contributed by atoms with van der Waals surface area (Å²) < 4.78 is 45.3. The van der Waals surface area contributed by atoms with Gasteiger partial charge in [0, 0.05) is 5.69 Å². The number of nitrogen functional groups attached to an aromatic ring is 1. The summed E-state index contributed by atoms with van der Waals surface area (Å²) in [5.41, 5.74) is 4.62. The SMILES string of the molecule is Nc1ccc(Oc2cncc3nnnn23)c(C(F)(F)F)c1. The average molecular weight is 296 g/mol. The Hall–Kier alpha value is -2.91. The molecule has 0 aliphatic carbocycles. The van der Waals surface area contributed by atoms with Crippen molar-refractivity contribution in [2.24, 2.45) is 0 Å². The molecule has 0 bridgehead atoms. The van der Waals surface area contributed by atoms with E-state index >= 15 is 0 Å². The first kappa shape index (κ1) is 13.1. The van der Waals surface area contributed by atoms with E-state index in [1.165, 1.54) is 18.5 Å². The summed E-state index contributed by atoms with van der Waals surface area (Å²) in [6, 6.07) is 3.22. The lowest BCUT2D eigenvalue weighted by Gasteiger charge is -2.14. The fourth-order valence-corrected chi connectivity index (χ4v) is 1.69. The molecule has 2 N–H and O–H groups in total. The predicted molar refractivity (Wildman–Crippen MR) is 64.5 cm³/mol. The molecule has 2 aromatic heterocycles. The van der Waals surface area contributed by atoms with E-state index in [4.69, 9.17) is 10.5 Å². The van der Waals surface area contributed by atoms with Crippen LogP contribution < -0.4 is 10.5 Å². The summed E-state index contributed by atoms with van der Waals surface area (Å²) >= 11 is 0. The fourth-order valence-electron chi connectivity index (χ4n) is 1.69. The predicted octanol–water partition coefficient (Wildman–Crippen LogP) is 1.91. The molecule has 2 heterocycles. The van der Waals surface area contributed by atoms with Crippen LogP contribution in [0.5, 0.6) is 11.6 Å². The molecule has 3 aromatic rings. The quantitative estimate of drug-likeness (QED) is 0.726. The van der Waals surface area contributed by atoms with Gasteiger partial charge in [-0.3, -0.25) is 4.98 Å². The number of aromatic nitrogens is 5. The van der Waals surface area contributed by atoms with E-state index in [9.17, 15) is 13.2 Å². The molecule has 108 valence electrons. The van der Waals surface area contributed by atoms with Crippen LogP contribution in [-0.2, 0) is 6.18 Å². The Morgan fingerprint density at radius 2 is 2.00 bits per heavy atom. The van der Waals surface area contributed by atoms with E-state index in [1.807, 2.05) is 0 Å². The van der Waals surface area contributed by atoms with Gasteiger partial charge in [0.25, 0.3) is 0 Å². The van der Waals surface area contributed by atoms with Gasteiger partial charge in [0.15, 0.2) is 0 Å². The molecule has 7 nitrogen and oxygen atoms in total. The lowest BCUT2D eigenvalue weighted by Crippen LogP contribution is -2.09. The number of fused-ring (bicyclic) bond motifs is 1. The van der Waals surface area contributed by atoms with E-state index in [-0.39, 0.29) is 17.2 Å². The van der Waals surface area contributed by atoms with E-state index in [0.717, 1.165) is 16.6 Å². The largest absolute Gasteiger partial charge is 0.437 e. The smallest absolute Gasteiger partial charge is 0.420 e. The van der Waals surface area contributed by atoms with Crippen LogP contribution in [-0.4, -0.2) is 25.0 Å². The highest BCUT2D eigenvalue weighted by Crippen LogP contribution is 2.39. The molecule has 0 spiro atoms. The molecule has 21 heavy (non-hydrogen) atoms. The van der Waals surface area contributed by atoms with Gasteiger partial charge in [-0.2, -0.15) is 17.7 Å².